The molecule has 4 rings (SSSR count). The van der Waals surface area contributed by atoms with E-state index in [1.807, 2.05) is 0 Å². The van der Waals surface area contributed by atoms with Gasteiger partial charge in [-0.1, -0.05) is 35.9 Å². The molecule has 2 heterocycles. The molecular formula is C20H15ClN4O3. The number of aromatic amines is 1. The predicted octanol–water partition coefficient (Wildman–Crippen LogP) is 2.36. The van der Waals surface area contributed by atoms with Crippen LogP contribution in [0.25, 0.3) is 11.2 Å². The Hall–Kier alpha value is -3.45. The van der Waals surface area contributed by atoms with Gasteiger partial charge >= 0.3 is 5.69 Å². The normalized spacial score (nSPS) is 11.1. The van der Waals surface area contributed by atoms with E-state index in [1.54, 1.807) is 55.6 Å². The number of nitrogens with one attached hydrogen (secondary N) is 1. The molecule has 0 bridgehead atoms. The standard InChI is InChI=1S/C20H15ClN4O3/c1-24-18-16(22-11-23-18)19(27)25(20(24)28)10-12-2-4-13(5-3-12)17(26)14-6-8-15(21)9-7-14/h2-9,11H,10H2,1H3,(H,22,23). The fraction of sp³-hybridized carbons (Fsp3) is 0.100. The average molecular weight is 395 g/mol. The SMILES string of the molecule is Cn1c(=O)n(Cc2ccc(C(=O)c3ccc(Cl)cc3)cc2)c(=O)c2[nH]cnc21. The third-order valence-corrected chi connectivity index (χ3v) is 4.83. The highest BCUT2D eigenvalue weighted by atomic mass is 35.5. The smallest absolute Gasteiger partial charge is 0.332 e. The Morgan fingerprint density at radius 1 is 1.04 bits per heavy atom. The number of aromatic nitrogens is 4. The summed E-state index contributed by atoms with van der Waals surface area (Å²) in [6.07, 6.45) is 1.38. The molecule has 0 atom stereocenters. The number of rotatable bonds is 4. The first-order valence-electron chi connectivity index (χ1n) is 8.48. The van der Waals surface area contributed by atoms with Crippen LogP contribution in [0.1, 0.15) is 21.5 Å². The molecule has 0 radical (unpaired) electrons. The van der Waals surface area contributed by atoms with Gasteiger partial charge in [-0.05, 0) is 29.8 Å². The number of carbonyl (C=O) groups is 1. The van der Waals surface area contributed by atoms with Gasteiger partial charge in [0.05, 0.1) is 12.9 Å². The lowest BCUT2D eigenvalue weighted by Crippen LogP contribution is -2.39. The molecule has 4 aromatic rings. The molecule has 2 aromatic carbocycles. The van der Waals surface area contributed by atoms with E-state index in [4.69, 9.17) is 11.6 Å². The maximum atomic E-state index is 12.6. The first-order chi connectivity index (χ1) is 13.5. The van der Waals surface area contributed by atoms with Crippen molar-refractivity contribution in [2.75, 3.05) is 0 Å². The molecule has 8 heteroatoms. The maximum Gasteiger partial charge on any atom is 0.332 e. The molecule has 140 valence electrons. The van der Waals surface area contributed by atoms with Crippen molar-refractivity contribution in [3.05, 3.63) is 97.4 Å². The second kappa shape index (κ2) is 6.94. The first-order valence-corrected chi connectivity index (χ1v) is 8.85. The van der Waals surface area contributed by atoms with Crippen LogP contribution >= 0.6 is 11.6 Å². The van der Waals surface area contributed by atoms with Gasteiger partial charge in [0.25, 0.3) is 5.56 Å². The lowest BCUT2D eigenvalue weighted by molar-refractivity contribution is 0.103. The number of H-pyrrole nitrogens is 1. The minimum absolute atomic E-state index is 0.0931. The zero-order chi connectivity index (χ0) is 19.8. The van der Waals surface area contributed by atoms with Crippen molar-refractivity contribution < 1.29 is 4.79 Å². The Morgan fingerprint density at radius 2 is 1.64 bits per heavy atom. The molecule has 0 fully saturated rings. The highest BCUT2D eigenvalue weighted by Crippen LogP contribution is 2.15. The number of benzene rings is 2. The van der Waals surface area contributed by atoms with Crippen molar-refractivity contribution in [2.24, 2.45) is 7.05 Å². The summed E-state index contributed by atoms with van der Waals surface area (Å²) in [5.41, 5.74) is 1.47. The van der Waals surface area contributed by atoms with E-state index in [9.17, 15) is 14.4 Å². The summed E-state index contributed by atoms with van der Waals surface area (Å²) in [5.74, 6) is -0.129. The number of hydrogen-bond donors (Lipinski definition) is 1. The highest BCUT2D eigenvalue weighted by molar-refractivity contribution is 6.30. The van der Waals surface area contributed by atoms with Crippen molar-refractivity contribution in [2.45, 2.75) is 6.54 Å². The molecule has 7 nitrogen and oxygen atoms in total. The Morgan fingerprint density at radius 3 is 2.29 bits per heavy atom. The zero-order valence-corrected chi connectivity index (χ0v) is 15.6. The average Bonchev–Trinajstić information content (AvgIpc) is 3.20. The summed E-state index contributed by atoms with van der Waals surface area (Å²) in [6, 6.07) is 13.5. The van der Waals surface area contributed by atoms with E-state index in [-0.39, 0.29) is 17.8 Å². The van der Waals surface area contributed by atoms with E-state index in [0.29, 0.717) is 21.8 Å². The summed E-state index contributed by atoms with van der Waals surface area (Å²) in [4.78, 5) is 44.4. The van der Waals surface area contributed by atoms with Crippen molar-refractivity contribution in [1.29, 1.82) is 0 Å². The summed E-state index contributed by atoms with van der Waals surface area (Å²) in [5, 5.41) is 0.563. The lowest BCUT2D eigenvalue weighted by Gasteiger charge is -2.09. The van der Waals surface area contributed by atoms with Gasteiger partial charge in [-0.25, -0.2) is 9.78 Å². The summed E-state index contributed by atoms with van der Waals surface area (Å²) >= 11 is 5.85. The lowest BCUT2D eigenvalue weighted by atomic mass is 10.0. The number of halogens is 1. The van der Waals surface area contributed by atoms with Crippen LogP contribution in [0.15, 0.2) is 64.4 Å². The van der Waals surface area contributed by atoms with Gasteiger partial charge in [-0.15, -0.1) is 0 Å². The Bertz CT molecular complexity index is 1300. The van der Waals surface area contributed by atoms with Crippen molar-refractivity contribution in [3.8, 4) is 0 Å². The molecule has 0 aliphatic rings. The van der Waals surface area contributed by atoms with Crippen LogP contribution in [-0.2, 0) is 13.6 Å². The Kier molecular flexibility index (Phi) is 4.44. The van der Waals surface area contributed by atoms with Gasteiger partial charge < -0.3 is 4.98 Å². The predicted molar refractivity (Wildman–Crippen MR) is 106 cm³/mol. The molecule has 0 saturated carbocycles. The minimum Gasteiger partial charge on any atom is -0.339 e. The number of nitrogens with zero attached hydrogens (tertiary/aromatic N) is 3. The van der Waals surface area contributed by atoms with Crippen LogP contribution in [0.4, 0.5) is 0 Å². The van der Waals surface area contributed by atoms with Crippen LogP contribution < -0.4 is 11.2 Å². The molecular weight excluding hydrogens is 380 g/mol. The zero-order valence-electron chi connectivity index (χ0n) is 14.8. The molecule has 0 unspecified atom stereocenters. The van der Waals surface area contributed by atoms with Gasteiger partial charge in [0, 0.05) is 23.2 Å². The summed E-state index contributed by atoms with van der Waals surface area (Å²) in [7, 11) is 1.56. The molecule has 0 aliphatic carbocycles. The molecule has 2 aromatic heterocycles. The fourth-order valence-electron chi connectivity index (χ4n) is 3.04. The van der Waals surface area contributed by atoms with Crippen LogP contribution in [0.2, 0.25) is 5.02 Å². The van der Waals surface area contributed by atoms with Gasteiger partial charge in [0.1, 0.15) is 5.52 Å². The van der Waals surface area contributed by atoms with Crippen LogP contribution in [-0.4, -0.2) is 24.9 Å². The number of aryl methyl sites for hydroxylation is 1. The Balaban J connectivity index is 1.65. The summed E-state index contributed by atoms with van der Waals surface area (Å²) in [6.45, 7) is 0.0931. The van der Waals surface area contributed by atoms with Crippen LogP contribution in [0.5, 0.6) is 0 Å². The molecule has 0 spiro atoms. The van der Waals surface area contributed by atoms with E-state index >= 15 is 0 Å². The molecule has 28 heavy (non-hydrogen) atoms. The van der Waals surface area contributed by atoms with Crippen molar-refractivity contribution in [3.63, 3.8) is 0 Å². The number of fused-ring (bicyclic) bond motifs is 1. The fourth-order valence-corrected chi connectivity index (χ4v) is 3.17. The number of ketones is 1. The monoisotopic (exact) mass is 394 g/mol. The topological polar surface area (TPSA) is 89.8 Å². The molecule has 0 aliphatic heterocycles. The van der Waals surface area contributed by atoms with E-state index in [1.165, 1.54) is 10.9 Å². The van der Waals surface area contributed by atoms with E-state index in [2.05, 4.69) is 9.97 Å². The first kappa shape index (κ1) is 17.9. The van der Waals surface area contributed by atoms with Crippen molar-refractivity contribution >= 4 is 28.5 Å². The minimum atomic E-state index is -0.453. The van der Waals surface area contributed by atoms with Gasteiger partial charge in [0.2, 0.25) is 0 Å². The number of hydrogen-bond acceptors (Lipinski definition) is 4. The maximum absolute atomic E-state index is 12.6. The van der Waals surface area contributed by atoms with Crippen molar-refractivity contribution in [1.82, 2.24) is 19.1 Å². The third-order valence-electron chi connectivity index (χ3n) is 4.58. The van der Waals surface area contributed by atoms with Crippen LogP contribution in [0, 0.1) is 0 Å². The molecule has 0 saturated heterocycles. The molecule has 1 N–H and O–H groups in total. The summed E-state index contributed by atoms with van der Waals surface area (Å²) < 4.78 is 2.46. The number of imidazole rings is 1. The molecule has 0 amide bonds. The number of carbonyl (C=O) groups excluding carboxylic acids is 1. The van der Waals surface area contributed by atoms with Crippen LogP contribution in [0.3, 0.4) is 0 Å². The second-order valence-electron chi connectivity index (χ2n) is 6.37. The third kappa shape index (κ3) is 3.05. The van der Waals surface area contributed by atoms with E-state index < -0.39 is 11.2 Å². The largest absolute Gasteiger partial charge is 0.339 e. The highest BCUT2D eigenvalue weighted by Gasteiger charge is 2.14. The van der Waals surface area contributed by atoms with Gasteiger partial charge in [0.15, 0.2) is 11.4 Å². The Labute approximate surface area is 163 Å². The van der Waals surface area contributed by atoms with Gasteiger partial charge in [-0.2, -0.15) is 0 Å². The second-order valence-corrected chi connectivity index (χ2v) is 6.80. The van der Waals surface area contributed by atoms with E-state index in [0.717, 1.165) is 10.1 Å². The quantitative estimate of drug-likeness (QED) is 0.538. The van der Waals surface area contributed by atoms with Gasteiger partial charge in [-0.3, -0.25) is 18.7 Å².